The summed E-state index contributed by atoms with van der Waals surface area (Å²) in [5.41, 5.74) is 9.11. The Balaban J connectivity index is 1.12. The number of hydrogen-bond acceptors (Lipinski definition) is 15. The fraction of sp³-hybridized carbons (Fsp3) is 0.385. The number of oxime groups is 1. The number of β-lactam (4-membered cyclic amide) rings is 1. The summed E-state index contributed by atoms with van der Waals surface area (Å²) in [7, 11) is 0. The monoisotopic (exact) mass is 659 g/mol. The maximum Gasteiger partial charge on any atom is 0.352 e. The lowest BCUT2D eigenvalue weighted by Gasteiger charge is -2.49. The number of aliphatic hydroxyl groups excluding tert-OH is 1. The highest BCUT2D eigenvalue weighted by Crippen LogP contribution is 2.41. The molecule has 6 N–H and O–H groups in total. The van der Waals surface area contributed by atoms with Gasteiger partial charge in [-0.2, -0.15) is 9.36 Å². The third-order valence-corrected chi connectivity index (χ3v) is 9.91. The zero-order valence-corrected chi connectivity index (χ0v) is 25.6. The van der Waals surface area contributed by atoms with Crippen LogP contribution in [0.1, 0.15) is 31.5 Å². The Morgan fingerprint density at radius 1 is 1.30 bits per heavy atom. The average molecular weight is 660 g/mol. The summed E-state index contributed by atoms with van der Waals surface area (Å²) in [6.07, 6.45) is 12.7. The molecule has 1 aromatic rings. The number of hydrazine groups is 1. The number of β-amino-alcohol motifs (C(OH)–C–C–N with tert-alkyl or cyclic N) is 1. The van der Waals surface area contributed by atoms with E-state index < -0.39 is 29.2 Å². The van der Waals surface area contributed by atoms with E-state index >= 15 is 0 Å². The lowest BCUT2D eigenvalue weighted by molar-refractivity contribution is -0.150. The van der Waals surface area contributed by atoms with Gasteiger partial charge in [0.15, 0.2) is 5.13 Å². The van der Waals surface area contributed by atoms with Crippen LogP contribution in [0.4, 0.5) is 5.13 Å². The van der Waals surface area contributed by atoms with Crippen LogP contribution in [-0.4, -0.2) is 94.3 Å². The molecule has 4 aliphatic heterocycles. The van der Waals surface area contributed by atoms with Crippen LogP contribution in [0.15, 0.2) is 63.3 Å². The highest BCUT2D eigenvalue weighted by Gasteiger charge is 2.54. The van der Waals surface area contributed by atoms with Gasteiger partial charge < -0.3 is 31.0 Å². The molecule has 0 spiro atoms. The van der Waals surface area contributed by atoms with E-state index in [0.717, 1.165) is 48.1 Å². The SMILES string of the molecule is Nc1nc(/C(=N/OC2CCCC2)C(=O)N[C@@H]2C(=O)N3C(C(=O)O)=C(/C=C/SC4=CC=C5N(CCO)C=CN5N4)CS[C@@H]23)ns1. The van der Waals surface area contributed by atoms with E-state index in [-0.39, 0.29) is 35.1 Å². The molecular weight excluding hydrogens is 631 g/mol. The number of aliphatic carboxylic acids is 1. The van der Waals surface area contributed by atoms with Gasteiger partial charge in [0, 0.05) is 36.2 Å². The molecule has 5 aliphatic rings. The quantitative estimate of drug-likeness (QED) is 0.128. The predicted octanol–water partition coefficient (Wildman–Crippen LogP) is 1.05. The summed E-state index contributed by atoms with van der Waals surface area (Å²) in [4.78, 5) is 51.5. The number of allylic oxidation sites excluding steroid dienone is 3. The number of carbonyl (C=O) groups is 3. The van der Waals surface area contributed by atoms with E-state index in [2.05, 4.69) is 25.3 Å². The number of carboxylic acid groups (broad SMARTS) is 1. The summed E-state index contributed by atoms with van der Waals surface area (Å²) >= 11 is 3.61. The molecule has 44 heavy (non-hydrogen) atoms. The zero-order valence-electron chi connectivity index (χ0n) is 23.2. The van der Waals surface area contributed by atoms with Crippen molar-refractivity contribution < 1.29 is 29.4 Å². The Kier molecular flexibility index (Phi) is 8.83. The van der Waals surface area contributed by atoms with Crippen molar-refractivity contribution in [3.8, 4) is 0 Å². The van der Waals surface area contributed by atoms with Crippen LogP contribution in [0, 0.1) is 0 Å². The van der Waals surface area contributed by atoms with E-state index in [9.17, 15) is 24.6 Å². The average Bonchev–Trinajstić information content (AvgIpc) is 3.78. The van der Waals surface area contributed by atoms with Crippen LogP contribution in [0.3, 0.4) is 0 Å². The second-order valence-electron chi connectivity index (χ2n) is 10.1. The highest BCUT2D eigenvalue weighted by molar-refractivity contribution is 8.05. The molecule has 1 aliphatic carbocycles. The number of thioether (sulfide) groups is 2. The van der Waals surface area contributed by atoms with Crippen LogP contribution >= 0.6 is 35.1 Å². The molecule has 0 radical (unpaired) electrons. The Morgan fingerprint density at radius 2 is 2.11 bits per heavy atom. The number of nitrogens with zero attached hydrogens (tertiary/aromatic N) is 6. The lowest BCUT2D eigenvalue weighted by atomic mass is 10.0. The summed E-state index contributed by atoms with van der Waals surface area (Å²) in [6.45, 7) is 0.503. The van der Waals surface area contributed by atoms with Crippen molar-refractivity contribution in [1.29, 1.82) is 0 Å². The second kappa shape index (κ2) is 12.9. The molecule has 15 nitrogen and oxygen atoms in total. The number of nitrogens with one attached hydrogen (secondary N) is 2. The van der Waals surface area contributed by atoms with E-state index in [1.54, 1.807) is 11.5 Å². The molecule has 0 aromatic carbocycles. The topological polar surface area (TPSA) is 199 Å². The number of nitrogen functional groups attached to an aromatic ring is 1. The van der Waals surface area contributed by atoms with Gasteiger partial charge in [-0.25, -0.2) is 9.80 Å². The molecular formula is C26H29N9O6S3. The number of aromatic nitrogens is 2. The first kappa shape index (κ1) is 30.0. The number of carboxylic acids is 1. The molecule has 18 heteroatoms. The van der Waals surface area contributed by atoms with Crippen molar-refractivity contribution in [3.05, 3.63) is 64.0 Å². The van der Waals surface area contributed by atoms with Crippen molar-refractivity contribution >= 4 is 63.7 Å². The van der Waals surface area contributed by atoms with Gasteiger partial charge in [-0.3, -0.25) is 19.9 Å². The second-order valence-corrected chi connectivity index (χ2v) is 13.0. The van der Waals surface area contributed by atoms with E-state index in [4.69, 9.17) is 10.6 Å². The van der Waals surface area contributed by atoms with Crippen molar-refractivity contribution in [1.82, 2.24) is 34.9 Å². The molecule has 2 atom stereocenters. The third kappa shape index (κ3) is 6.01. The van der Waals surface area contributed by atoms with Crippen molar-refractivity contribution in [2.45, 2.75) is 43.2 Å². The van der Waals surface area contributed by atoms with Crippen LogP contribution in [0.5, 0.6) is 0 Å². The summed E-state index contributed by atoms with van der Waals surface area (Å²) in [6, 6.07) is -0.967. The van der Waals surface area contributed by atoms with E-state index in [1.807, 2.05) is 34.5 Å². The lowest BCUT2D eigenvalue weighted by Crippen LogP contribution is -2.71. The van der Waals surface area contributed by atoms with Gasteiger partial charge >= 0.3 is 5.97 Å². The number of amides is 2. The molecule has 2 amide bonds. The van der Waals surface area contributed by atoms with Crippen LogP contribution in [-0.2, 0) is 19.2 Å². The third-order valence-electron chi connectivity index (χ3n) is 7.31. The first-order valence-corrected chi connectivity index (χ1v) is 16.5. The van der Waals surface area contributed by atoms with Gasteiger partial charge in [-0.1, -0.05) is 16.9 Å². The smallest absolute Gasteiger partial charge is 0.352 e. The summed E-state index contributed by atoms with van der Waals surface area (Å²) < 4.78 is 4.08. The van der Waals surface area contributed by atoms with Crippen molar-refractivity contribution in [2.75, 3.05) is 24.6 Å². The fourth-order valence-electron chi connectivity index (χ4n) is 5.18. The number of nitrogens with two attached hydrogens (primary N) is 1. The first-order chi connectivity index (χ1) is 21.3. The summed E-state index contributed by atoms with van der Waals surface area (Å²) in [5.74, 6) is -1.30. The van der Waals surface area contributed by atoms with Gasteiger partial charge in [0.2, 0.25) is 11.5 Å². The van der Waals surface area contributed by atoms with Gasteiger partial charge in [0.25, 0.3) is 11.8 Å². The van der Waals surface area contributed by atoms with Gasteiger partial charge in [0.05, 0.1) is 11.6 Å². The normalized spacial score (nSPS) is 23.3. The number of anilines is 1. The first-order valence-electron chi connectivity index (χ1n) is 13.8. The highest BCUT2D eigenvalue weighted by atomic mass is 32.2. The van der Waals surface area contributed by atoms with Crippen molar-refractivity contribution in [3.63, 3.8) is 0 Å². The number of aliphatic hydroxyl groups is 1. The molecule has 6 rings (SSSR count). The van der Waals surface area contributed by atoms with Gasteiger partial charge in [-0.15, -0.1) is 11.8 Å². The Morgan fingerprint density at radius 3 is 2.84 bits per heavy atom. The number of rotatable bonds is 11. The van der Waals surface area contributed by atoms with E-state index in [0.29, 0.717) is 17.9 Å². The molecule has 0 bridgehead atoms. The zero-order chi connectivity index (χ0) is 30.8. The minimum Gasteiger partial charge on any atom is -0.477 e. The molecule has 0 unspecified atom stereocenters. The Hall–Kier alpha value is -4.00. The maximum atomic E-state index is 13.3. The molecule has 1 saturated heterocycles. The minimum atomic E-state index is -1.23. The van der Waals surface area contributed by atoms with Gasteiger partial charge in [-0.05, 0) is 54.9 Å². The predicted molar refractivity (Wildman–Crippen MR) is 165 cm³/mol. The largest absolute Gasteiger partial charge is 0.477 e. The number of fused-ring (bicyclic) bond motifs is 2. The summed E-state index contributed by atoms with van der Waals surface area (Å²) in [5, 5.41) is 29.9. The van der Waals surface area contributed by atoms with Crippen LogP contribution in [0.25, 0.3) is 0 Å². The number of hydrogen-bond donors (Lipinski definition) is 5. The Labute approximate surface area is 264 Å². The van der Waals surface area contributed by atoms with Crippen molar-refractivity contribution in [2.24, 2.45) is 5.16 Å². The maximum absolute atomic E-state index is 13.3. The molecule has 2 fully saturated rings. The molecule has 5 heterocycles. The standard InChI is InChI=1S/C26H29N9O6S3/c27-26-29-21(32-44-26)18(31-41-15-3-1-2-4-15)22(37)28-19-23(38)35-20(25(39)40)14(13-43-24(19)35)7-12-42-16-5-6-17-33(10-11-36)8-9-34(17)30-16/h5-9,12,15,19,24,30,36H,1-4,10-11,13H2,(H,28,37)(H,39,40)(H2,27,29,32)/b12-7+,31-18-/t19-,24+/m1/s1. The molecule has 1 aromatic heterocycles. The van der Waals surface area contributed by atoms with E-state index in [1.165, 1.54) is 28.4 Å². The Bertz CT molecular complexity index is 1530. The molecule has 1 saturated carbocycles. The number of carbonyl (C=O) groups excluding carboxylic acids is 2. The molecule has 232 valence electrons. The van der Waals surface area contributed by atoms with Crippen LogP contribution < -0.4 is 16.5 Å². The minimum absolute atomic E-state index is 0.00325. The van der Waals surface area contributed by atoms with Crippen LogP contribution in [0.2, 0.25) is 0 Å². The fourth-order valence-corrected chi connectivity index (χ4v) is 7.61. The van der Waals surface area contributed by atoms with Gasteiger partial charge in [0.1, 0.15) is 29.0 Å².